The number of imidazole rings is 1. The minimum absolute atomic E-state index is 0.00921. The van der Waals surface area contributed by atoms with Gasteiger partial charge in [-0.15, -0.1) is 0 Å². The highest BCUT2D eigenvalue weighted by Crippen LogP contribution is 2.35. The van der Waals surface area contributed by atoms with E-state index in [1.807, 2.05) is 0 Å². The molecule has 1 aromatic heterocycles. The first-order valence-corrected chi connectivity index (χ1v) is 8.99. The molecule has 0 amide bonds. The Kier molecular flexibility index (Phi) is 5.78. The van der Waals surface area contributed by atoms with Gasteiger partial charge >= 0.3 is 5.97 Å². The monoisotopic (exact) mass is 418 g/mol. The summed E-state index contributed by atoms with van der Waals surface area (Å²) in [5.74, 6) is -7.42. The van der Waals surface area contributed by atoms with E-state index in [-0.39, 0.29) is 22.2 Å². The number of nitrogens with one attached hydrogen (secondary N) is 1. The molecule has 0 spiro atoms. The Morgan fingerprint density at radius 3 is 2.23 bits per heavy atom. The van der Waals surface area contributed by atoms with Crippen molar-refractivity contribution in [1.82, 2.24) is 9.97 Å². The number of aromatic nitrogens is 2. The summed E-state index contributed by atoms with van der Waals surface area (Å²) in [5.41, 5.74) is -0.769. The molecule has 8 heteroatoms. The first-order valence-electron chi connectivity index (χ1n) is 8.99. The number of carbonyl (C=O) groups excluding carboxylic acids is 1. The number of allylic oxidation sites excluding steroid dienone is 4. The molecule has 3 aromatic rings. The fourth-order valence-electron chi connectivity index (χ4n) is 3.24. The number of carbonyl (C=O) groups is 1. The van der Waals surface area contributed by atoms with Gasteiger partial charge in [-0.2, -0.15) is 0 Å². The lowest BCUT2D eigenvalue weighted by atomic mass is 10.00. The van der Waals surface area contributed by atoms with Gasteiger partial charge in [0.05, 0.1) is 34.8 Å². The van der Waals surface area contributed by atoms with Gasteiger partial charge in [0.25, 0.3) is 0 Å². The van der Waals surface area contributed by atoms with Crippen LogP contribution in [0.3, 0.4) is 0 Å². The number of methoxy groups -OCH3 is 1. The summed E-state index contributed by atoms with van der Waals surface area (Å²) in [4.78, 5) is 18.7. The normalized spacial score (nSPS) is 12.2. The summed E-state index contributed by atoms with van der Waals surface area (Å²) in [6.45, 7) is 4.79. The molecule has 1 heterocycles. The van der Waals surface area contributed by atoms with Crippen LogP contribution in [-0.4, -0.2) is 23.0 Å². The van der Waals surface area contributed by atoms with Crippen molar-refractivity contribution in [2.45, 2.75) is 20.8 Å². The summed E-state index contributed by atoms with van der Waals surface area (Å²) in [7, 11) is 1.18. The Hall–Kier alpha value is -3.42. The molecular formula is C22H18F4N2O2. The highest BCUT2D eigenvalue weighted by Gasteiger charge is 2.29. The van der Waals surface area contributed by atoms with E-state index in [9.17, 15) is 22.4 Å². The standard InChI is InChI=1S/C22H18F4N2O2/c1-5-7-11(6-2)14-16(23)18(25)15(19(26)17(14)24)21-27-13-9-10(3)8-12(20(13)28-21)22(29)30-4/h5-9H,1-4H3,(H,27,28)/b7-5-,11-6+. The van der Waals surface area contributed by atoms with Crippen LogP contribution in [0.2, 0.25) is 0 Å². The zero-order valence-corrected chi connectivity index (χ0v) is 16.7. The largest absolute Gasteiger partial charge is 0.465 e. The van der Waals surface area contributed by atoms with E-state index >= 15 is 0 Å². The number of hydrogen-bond donors (Lipinski definition) is 1. The number of halogens is 4. The van der Waals surface area contributed by atoms with Crippen molar-refractivity contribution in [3.8, 4) is 11.4 Å². The van der Waals surface area contributed by atoms with E-state index in [1.165, 1.54) is 38.3 Å². The summed E-state index contributed by atoms with van der Waals surface area (Å²) >= 11 is 0. The van der Waals surface area contributed by atoms with Crippen LogP contribution in [0.1, 0.15) is 35.3 Å². The molecule has 2 aromatic carbocycles. The Balaban J connectivity index is 2.32. The van der Waals surface area contributed by atoms with E-state index in [2.05, 4.69) is 9.97 Å². The van der Waals surface area contributed by atoms with Gasteiger partial charge < -0.3 is 9.72 Å². The van der Waals surface area contributed by atoms with Gasteiger partial charge in [0.15, 0.2) is 23.3 Å². The SMILES string of the molecule is C/C=C\C(=C/C)c1c(F)c(F)c(-c2nc3cc(C)cc(C(=O)OC)c3[nH]2)c(F)c1F. The Morgan fingerprint density at radius 1 is 1.07 bits per heavy atom. The average Bonchev–Trinajstić information content (AvgIpc) is 3.13. The summed E-state index contributed by atoms with van der Waals surface area (Å²) in [6, 6.07) is 3.06. The van der Waals surface area contributed by atoms with Crippen molar-refractivity contribution in [3.63, 3.8) is 0 Å². The minimum atomic E-state index is -1.59. The van der Waals surface area contributed by atoms with Crippen LogP contribution in [0, 0.1) is 30.2 Å². The second-order valence-electron chi connectivity index (χ2n) is 6.53. The van der Waals surface area contributed by atoms with Crippen LogP contribution in [-0.2, 0) is 4.74 Å². The van der Waals surface area contributed by atoms with Crippen LogP contribution >= 0.6 is 0 Å². The highest BCUT2D eigenvalue weighted by molar-refractivity contribution is 6.03. The lowest BCUT2D eigenvalue weighted by molar-refractivity contribution is 0.0602. The summed E-state index contributed by atoms with van der Waals surface area (Å²) < 4.78 is 64.0. The number of benzene rings is 2. The summed E-state index contributed by atoms with van der Waals surface area (Å²) in [6.07, 6.45) is 4.17. The number of hydrogen-bond acceptors (Lipinski definition) is 3. The molecule has 0 unspecified atom stereocenters. The Bertz CT molecular complexity index is 1200. The molecule has 0 saturated heterocycles. The van der Waals surface area contributed by atoms with Gasteiger partial charge in [-0.3, -0.25) is 0 Å². The van der Waals surface area contributed by atoms with E-state index in [0.29, 0.717) is 5.56 Å². The van der Waals surface area contributed by atoms with Crippen molar-refractivity contribution < 1.29 is 27.1 Å². The molecule has 0 aliphatic carbocycles. The molecule has 30 heavy (non-hydrogen) atoms. The van der Waals surface area contributed by atoms with Crippen molar-refractivity contribution in [2.75, 3.05) is 7.11 Å². The molecule has 0 aliphatic rings. The maximum absolute atomic E-state index is 14.9. The molecule has 1 N–H and O–H groups in total. The van der Waals surface area contributed by atoms with Gasteiger partial charge in [0.1, 0.15) is 5.82 Å². The number of rotatable bonds is 4. The maximum atomic E-state index is 14.9. The third kappa shape index (κ3) is 3.38. The van der Waals surface area contributed by atoms with E-state index in [4.69, 9.17) is 4.74 Å². The fraction of sp³-hybridized carbons (Fsp3) is 0.182. The van der Waals surface area contributed by atoms with Gasteiger partial charge in [-0.1, -0.05) is 18.2 Å². The van der Waals surface area contributed by atoms with Gasteiger partial charge in [0.2, 0.25) is 0 Å². The van der Waals surface area contributed by atoms with Crippen LogP contribution in [0.25, 0.3) is 28.0 Å². The molecule has 3 rings (SSSR count). The molecule has 0 aliphatic heterocycles. The smallest absolute Gasteiger partial charge is 0.340 e. The van der Waals surface area contributed by atoms with Gasteiger partial charge in [-0.05, 0) is 44.0 Å². The number of fused-ring (bicyclic) bond motifs is 1. The predicted molar refractivity (Wildman–Crippen MR) is 106 cm³/mol. The minimum Gasteiger partial charge on any atom is -0.465 e. The van der Waals surface area contributed by atoms with Crippen molar-refractivity contribution in [3.05, 3.63) is 70.3 Å². The van der Waals surface area contributed by atoms with Crippen molar-refractivity contribution >= 4 is 22.6 Å². The number of aryl methyl sites for hydroxylation is 1. The number of H-pyrrole nitrogens is 1. The van der Waals surface area contributed by atoms with Crippen molar-refractivity contribution in [1.29, 1.82) is 0 Å². The number of esters is 1. The van der Waals surface area contributed by atoms with Crippen LogP contribution in [0.15, 0.2) is 30.4 Å². The lowest BCUT2D eigenvalue weighted by Crippen LogP contribution is -2.06. The quantitative estimate of drug-likeness (QED) is 0.250. The molecule has 4 nitrogen and oxygen atoms in total. The molecule has 0 radical (unpaired) electrons. The third-order valence-corrected chi connectivity index (χ3v) is 4.59. The van der Waals surface area contributed by atoms with Gasteiger partial charge in [-0.25, -0.2) is 27.3 Å². The first kappa shape index (κ1) is 21.3. The van der Waals surface area contributed by atoms with Crippen molar-refractivity contribution in [2.24, 2.45) is 0 Å². The molecule has 156 valence electrons. The predicted octanol–water partition coefficient (Wildman–Crippen LogP) is 5.86. The zero-order chi connectivity index (χ0) is 22.2. The molecule has 0 fully saturated rings. The molecule has 0 saturated carbocycles. The average molecular weight is 418 g/mol. The molecular weight excluding hydrogens is 400 g/mol. The van der Waals surface area contributed by atoms with E-state index in [1.54, 1.807) is 19.9 Å². The van der Waals surface area contributed by atoms with Crippen LogP contribution in [0.5, 0.6) is 0 Å². The first-order chi connectivity index (χ1) is 14.2. The number of nitrogens with zero attached hydrogens (tertiary/aromatic N) is 1. The zero-order valence-electron chi connectivity index (χ0n) is 16.7. The lowest BCUT2D eigenvalue weighted by Gasteiger charge is -2.11. The second kappa shape index (κ2) is 8.14. The number of aromatic amines is 1. The molecule has 0 bridgehead atoms. The summed E-state index contributed by atoms with van der Waals surface area (Å²) in [5, 5.41) is 0. The molecule has 0 atom stereocenters. The van der Waals surface area contributed by atoms with E-state index in [0.717, 1.165) is 0 Å². The highest BCUT2D eigenvalue weighted by atomic mass is 19.2. The second-order valence-corrected chi connectivity index (χ2v) is 6.53. The van der Waals surface area contributed by atoms with E-state index < -0.39 is 46.2 Å². The maximum Gasteiger partial charge on any atom is 0.340 e. The number of ether oxygens (including phenoxy) is 1. The Labute approximate surface area is 169 Å². The van der Waals surface area contributed by atoms with Crippen LogP contribution in [0.4, 0.5) is 17.6 Å². The Morgan fingerprint density at radius 2 is 1.70 bits per heavy atom. The third-order valence-electron chi connectivity index (χ3n) is 4.59. The topological polar surface area (TPSA) is 55.0 Å². The van der Waals surface area contributed by atoms with Crippen LogP contribution < -0.4 is 0 Å². The van der Waals surface area contributed by atoms with Gasteiger partial charge in [0, 0.05) is 0 Å². The fourth-order valence-corrected chi connectivity index (χ4v) is 3.24.